The van der Waals surface area contributed by atoms with Gasteiger partial charge in [0.25, 0.3) is 0 Å². The first kappa shape index (κ1) is 20.7. The predicted octanol–water partition coefficient (Wildman–Crippen LogP) is 4.86. The molecular weight excluding hydrogens is 350 g/mol. The van der Waals surface area contributed by atoms with Crippen molar-refractivity contribution in [2.45, 2.75) is 77.2 Å². The van der Waals surface area contributed by atoms with Crippen LogP contribution in [0.15, 0.2) is 24.3 Å². The summed E-state index contributed by atoms with van der Waals surface area (Å²) < 4.78 is 0. The number of nitrogens with one attached hydrogen (secondary N) is 2. The average molecular weight is 386 g/mol. The Morgan fingerprint density at radius 2 is 1.71 bits per heavy atom. The van der Waals surface area contributed by atoms with Gasteiger partial charge in [-0.1, -0.05) is 43.4 Å². The van der Waals surface area contributed by atoms with E-state index in [0.29, 0.717) is 18.4 Å². The first-order valence-electron chi connectivity index (χ1n) is 11.0. The van der Waals surface area contributed by atoms with Crippen molar-refractivity contribution in [3.8, 4) is 0 Å². The highest BCUT2D eigenvalue weighted by Crippen LogP contribution is 2.23. The number of urea groups is 1. The molecule has 2 aliphatic rings. The van der Waals surface area contributed by atoms with Gasteiger partial charge in [-0.05, 0) is 57.1 Å². The monoisotopic (exact) mass is 385 g/mol. The molecule has 28 heavy (non-hydrogen) atoms. The second-order valence-corrected chi connectivity index (χ2v) is 8.55. The highest BCUT2D eigenvalue weighted by molar-refractivity contribution is 5.89. The van der Waals surface area contributed by atoms with Gasteiger partial charge in [-0.15, -0.1) is 0 Å². The maximum Gasteiger partial charge on any atom is 0.321 e. The first-order valence-corrected chi connectivity index (χ1v) is 11.0. The summed E-state index contributed by atoms with van der Waals surface area (Å²) in [6.45, 7) is 3.57. The summed E-state index contributed by atoms with van der Waals surface area (Å²) in [4.78, 5) is 26.8. The number of aryl methyl sites for hydroxylation is 1. The molecule has 3 amide bonds. The minimum Gasteiger partial charge on any atom is -0.353 e. The highest BCUT2D eigenvalue weighted by Gasteiger charge is 2.24. The Labute approximate surface area is 169 Å². The SMILES string of the molecule is Cc1ccc(NC(=O)N2CCCC(CCC(=O)NC3CCCCCC3)C2)cc1. The van der Waals surface area contributed by atoms with Gasteiger partial charge in [0.15, 0.2) is 0 Å². The lowest BCUT2D eigenvalue weighted by atomic mass is 9.93. The number of nitrogens with zero attached hydrogens (tertiary/aromatic N) is 1. The maximum atomic E-state index is 12.6. The summed E-state index contributed by atoms with van der Waals surface area (Å²) in [5, 5.41) is 6.23. The zero-order valence-electron chi connectivity index (χ0n) is 17.2. The summed E-state index contributed by atoms with van der Waals surface area (Å²) in [6, 6.07) is 8.22. The number of carbonyl (C=O) groups excluding carboxylic acids is 2. The molecule has 1 atom stereocenters. The van der Waals surface area contributed by atoms with Crippen LogP contribution in [0.5, 0.6) is 0 Å². The fourth-order valence-corrected chi connectivity index (χ4v) is 4.38. The van der Waals surface area contributed by atoms with E-state index in [4.69, 9.17) is 0 Å². The molecule has 2 N–H and O–H groups in total. The van der Waals surface area contributed by atoms with Crippen LogP contribution in [0, 0.1) is 12.8 Å². The van der Waals surface area contributed by atoms with Crippen molar-refractivity contribution >= 4 is 17.6 Å². The van der Waals surface area contributed by atoms with Crippen LogP contribution < -0.4 is 10.6 Å². The smallest absolute Gasteiger partial charge is 0.321 e. The van der Waals surface area contributed by atoms with Crippen LogP contribution in [0.4, 0.5) is 10.5 Å². The van der Waals surface area contributed by atoms with E-state index in [2.05, 4.69) is 10.6 Å². The Morgan fingerprint density at radius 1 is 1.00 bits per heavy atom. The van der Waals surface area contributed by atoms with Crippen LogP contribution in [0.3, 0.4) is 0 Å². The number of piperidine rings is 1. The molecule has 154 valence electrons. The zero-order chi connectivity index (χ0) is 19.8. The van der Waals surface area contributed by atoms with E-state index in [9.17, 15) is 9.59 Å². The molecule has 1 saturated heterocycles. The van der Waals surface area contributed by atoms with Crippen LogP contribution in [-0.2, 0) is 4.79 Å². The van der Waals surface area contributed by atoms with Crippen molar-refractivity contribution in [3.05, 3.63) is 29.8 Å². The van der Waals surface area contributed by atoms with E-state index in [1.54, 1.807) is 0 Å². The average Bonchev–Trinajstić information content (AvgIpc) is 2.97. The molecule has 0 bridgehead atoms. The second kappa shape index (κ2) is 10.5. The van der Waals surface area contributed by atoms with Gasteiger partial charge in [0.05, 0.1) is 0 Å². The molecule has 5 heteroatoms. The molecule has 0 radical (unpaired) electrons. The predicted molar refractivity (Wildman–Crippen MR) is 113 cm³/mol. The quantitative estimate of drug-likeness (QED) is 0.711. The van der Waals surface area contributed by atoms with Gasteiger partial charge < -0.3 is 15.5 Å². The van der Waals surface area contributed by atoms with Gasteiger partial charge >= 0.3 is 6.03 Å². The maximum absolute atomic E-state index is 12.6. The standard InChI is InChI=1S/C23H35N3O2/c1-18-10-13-21(14-11-18)25-23(28)26-16-6-7-19(17-26)12-15-22(27)24-20-8-4-2-3-5-9-20/h10-11,13-14,19-20H,2-9,12,15-17H2,1H3,(H,24,27)(H,25,28). The normalized spacial score (nSPS) is 21.0. The lowest BCUT2D eigenvalue weighted by Gasteiger charge is -2.33. The van der Waals surface area contributed by atoms with Crippen molar-refractivity contribution < 1.29 is 9.59 Å². The van der Waals surface area contributed by atoms with Crippen molar-refractivity contribution in [1.29, 1.82) is 0 Å². The molecule has 0 aromatic heterocycles. The minimum absolute atomic E-state index is 0.0311. The van der Waals surface area contributed by atoms with Gasteiger partial charge in [0, 0.05) is 31.2 Å². The number of hydrogen-bond donors (Lipinski definition) is 2. The third-order valence-corrected chi connectivity index (χ3v) is 6.11. The van der Waals surface area contributed by atoms with E-state index in [1.165, 1.54) is 31.2 Å². The summed E-state index contributed by atoms with van der Waals surface area (Å²) in [6.07, 6.45) is 10.9. The summed E-state index contributed by atoms with van der Waals surface area (Å²) in [5.74, 6) is 0.602. The number of carbonyl (C=O) groups is 2. The van der Waals surface area contributed by atoms with Crippen LogP contribution in [-0.4, -0.2) is 36.0 Å². The lowest BCUT2D eigenvalue weighted by molar-refractivity contribution is -0.122. The Balaban J connectivity index is 1.40. The molecule has 1 aromatic carbocycles. The van der Waals surface area contributed by atoms with Gasteiger partial charge in [-0.2, -0.15) is 0 Å². The van der Waals surface area contributed by atoms with E-state index in [-0.39, 0.29) is 11.9 Å². The molecule has 1 unspecified atom stereocenters. The molecule has 1 saturated carbocycles. The number of hydrogen-bond acceptors (Lipinski definition) is 2. The Hall–Kier alpha value is -2.04. The fourth-order valence-electron chi connectivity index (χ4n) is 4.38. The second-order valence-electron chi connectivity index (χ2n) is 8.55. The first-order chi connectivity index (χ1) is 13.6. The topological polar surface area (TPSA) is 61.4 Å². The van der Waals surface area contributed by atoms with Gasteiger partial charge in [-0.3, -0.25) is 4.79 Å². The lowest BCUT2D eigenvalue weighted by Crippen LogP contribution is -2.42. The number of likely N-dealkylation sites (tertiary alicyclic amines) is 1. The Kier molecular flexibility index (Phi) is 7.75. The highest BCUT2D eigenvalue weighted by atomic mass is 16.2. The molecule has 3 rings (SSSR count). The molecule has 5 nitrogen and oxygen atoms in total. The van der Waals surface area contributed by atoms with Crippen LogP contribution in [0.2, 0.25) is 0 Å². The fraction of sp³-hybridized carbons (Fsp3) is 0.652. The number of anilines is 1. The van der Waals surface area contributed by atoms with Gasteiger partial charge in [0.2, 0.25) is 5.91 Å². The van der Waals surface area contributed by atoms with Crippen molar-refractivity contribution in [2.24, 2.45) is 5.92 Å². The Morgan fingerprint density at radius 3 is 2.43 bits per heavy atom. The number of amides is 3. The van der Waals surface area contributed by atoms with Crippen LogP contribution in [0.1, 0.15) is 69.8 Å². The van der Waals surface area contributed by atoms with E-state index >= 15 is 0 Å². The van der Waals surface area contributed by atoms with Gasteiger partial charge in [-0.25, -0.2) is 4.79 Å². The van der Waals surface area contributed by atoms with Crippen LogP contribution in [0.25, 0.3) is 0 Å². The van der Waals surface area contributed by atoms with E-state index in [1.807, 2.05) is 36.1 Å². The summed E-state index contributed by atoms with van der Waals surface area (Å²) >= 11 is 0. The molecular formula is C23H35N3O2. The van der Waals surface area contributed by atoms with Crippen molar-refractivity contribution in [1.82, 2.24) is 10.2 Å². The zero-order valence-corrected chi connectivity index (χ0v) is 17.2. The van der Waals surface area contributed by atoms with E-state index in [0.717, 1.165) is 50.9 Å². The largest absolute Gasteiger partial charge is 0.353 e. The van der Waals surface area contributed by atoms with E-state index < -0.39 is 0 Å². The Bertz CT molecular complexity index is 636. The van der Waals surface area contributed by atoms with Crippen molar-refractivity contribution in [2.75, 3.05) is 18.4 Å². The van der Waals surface area contributed by atoms with Crippen LogP contribution >= 0.6 is 0 Å². The molecule has 1 heterocycles. The third kappa shape index (κ3) is 6.54. The molecule has 2 fully saturated rings. The summed E-state index contributed by atoms with van der Waals surface area (Å²) in [5.41, 5.74) is 2.01. The molecule has 0 spiro atoms. The molecule has 1 aliphatic heterocycles. The molecule has 1 aliphatic carbocycles. The molecule has 1 aromatic rings. The van der Waals surface area contributed by atoms with Crippen molar-refractivity contribution in [3.63, 3.8) is 0 Å². The third-order valence-electron chi connectivity index (χ3n) is 6.11. The summed E-state index contributed by atoms with van der Waals surface area (Å²) in [7, 11) is 0. The number of benzene rings is 1. The number of rotatable bonds is 5. The minimum atomic E-state index is -0.0311. The van der Waals surface area contributed by atoms with Gasteiger partial charge in [0.1, 0.15) is 0 Å².